The molecule has 0 aliphatic heterocycles. The fourth-order valence-corrected chi connectivity index (χ4v) is 1.53. The van der Waals surface area contributed by atoms with E-state index in [1.807, 2.05) is 0 Å². The molecule has 0 aliphatic carbocycles. The van der Waals surface area contributed by atoms with Crippen molar-refractivity contribution in [2.24, 2.45) is 0 Å². The molecule has 0 spiro atoms. The third kappa shape index (κ3) is 3.94. The summed E-state index contributed by atoms with van der Waals surface area (Å²) < 4.78 is 13.8. The summed E-state index contributed by atoms with van der Waals surface area (Å²) in [5, 5.41) is 8.55. The van der Waals surface area contributed by atoms with Crippen molar-refractivity contribution >= 4 is 17.6 Å². The van der Waals surface area contributed by atoms with Crippen LogP contribution in [0.5, 0.6) is 0 Å². The number of hydrogen-bond acceptors (Lipinski definition) is 3. The normalized spacial score (nSPS) is 10.1. The van der Waals surface area contributed by atoms with Gasteiger partial charge in [-0.25, -0.2) is 4.39 Å². The number of aliphatic carboxylic acids is 1. The summed E-state index contributed by atoms with van der Waals surface area (Å²) in [5.74, 6) is -2.13. The van der Waals surface area contributed by atoms with E-state index in [1.54, 1.807) is 25.1 Å². The van der Waals surface area contributed by atoms with Crippen LogP contribution < -0.4 is 4.90 Å². The van der Waals surface area contributed by atoms with Crippen LogP contribution in [0.3, 0.4) is 0 Å². The van der Waals surface area contributed by atoms with Crippen LogP contribution in [0, 0.1) is 5.82 Å². The molecule has 0 aromatic heterocycles. The Labute approximate surface area is 111 Å². The van der Waals surface area contributed by atoms with Crippen LogP contribution in [0.15, 0.2) is 18.2 Å². The number of benzene rings is 1. The van der Waals surface area contributed by atoms with Crippen molar-refractivity contribution in [1.82, 2.24) is 4.90 Å². The molecule has 0 fully saturated rings. The lowest BCUT2D eigenvalue weighted by Crippen LogP contribution is -2.29. The van der Waals surface area contributed by atoms with Crippen LogP contribution in [0.4, 0.5) is 10.1 Å². The minimum atomic E-state index is -0.997. The van der Waals surface area contributed by atoms with Crippen molar-refractivity contribution in [3.05, 3.63) is 29.6 Å². The van der Waals surface area contributed by atoms with Gasteiger partial charge >= 0.3 is 5.97 Å². The third-order valence-electron chi connectivity index (χ3n) is 2.71. The van der Waals surface area contributed by atoms with Gasteiger partial charge in [0.15, 0.2) is 0 Å². The van der Waals surface area contributed by atoms with Gasteiger partial charge in [-0.2, -0.15) is 0 Å². The Bertz CT molecular complexity index is 489. The number of rotatable bonds is 5. The number of carbonyl (C=O) groups is 2. The van der Waals surface area contributed by atoms with Gasteiger partial charge in [0.05, 0.1) is 12.0 Å². The van der Waals surface area contributed by atoms with E-state index in [0.717, 1.165) is 0 Å². The van der Waals surface area contributed by atoms with E-state index in [0.29, 0.717) is 5.69 Å². The topological polar surface area (TPSA) is 60.9 Å². The molecule has 0 radical (unpaired) electrons. The highest BCUT2D eigenvalue weighted by molar-refractivity contribution is 5.94. The predicted molar refractivity (Wildman–Crippen MR) is 69.9 cm³/mol. The Balaban J connectivity index is 2.85. The molecule has 1 rings (SSSR count). The lowest BCUT2D eigenvalue weighted by Gasteiger charge is -2.18. The van der Waals surface area contributed by atoms with E-state index in [2.05, 4.69) is 0 Å². The lowest BCUT2D eigenvalue weighted by atomic mass is 10.1. The van der Waals surface area contributed by atoms with Crippen LogP contribution in [-0.2, 0) is 4.79 Å². The highest BCUT2D eigenvalue weighted by atomic mass is 19.1. The van der Waals surface area contributed by atoms with Crippen LogP contribution in [0.2, 0.25) is 0 Å². The first-order valence-electron chi connectivity index (χ1n) is 5.77. The van der Waals surface area contributed by atoms with Gasteiger partial charge in [0.2, 0.25) is 0 Å². The first-order chi connectivity index (χ1) is 8.82. The van der Waals surface area contributed by atoms with Crippen molar-refractivity contribution in [2.45, 2.75) is 6.42 Å². The molecule has 0 aliphatic rings. The predicted octanol–water partition coefficient (Wildman–Crippen LogP) is 1.44. The average molecular weight is 268 g/mol. The highest BCUT2D eigenvalue weighted by Gasteiger charge is 2.17. The van der Waals surface area contributed by atoms with E-state index in [1.165, 1.54) is 24.1 Å². The quantitative estimate of drug-likeness (QED) is 0.877. The van der Waals surface area contributed by atoms with E-state index in [9.17, 15) is 14.0 Å². The molecule has 1 amide bonds. The molecule has 0 saturated carbocycles. The Kier molecular flexibility index (Phi) is 4.86. The van der Waals surface area contributed by atoms with E-state index < -0.39 is 17.7 Å². The second-order valence-electron chi connectivity index (χ2n) is 4.43. The minimum absolute atomic E-state index is 0.0447. The Morgan fingerprint density at radius 3 is 2.37 bits per heavy atom. The van der Waals surface area contributed by atoms with Gasteiger partial charge in [0.1, 0.15) is 5.82 Å². The number of amides is 1. The maximum Gasteiger partial charge on any atom is 0.305 e. The second-order valence-corrected chi connectivity index (χ2v) is 4.43. The van der Waals surface area contributed by atoms with Crippen LogP contribution in [0.25, 0.3) is 0 Å². The van der Waals surface area contributed by atoms with Gasteiger partial charge in [-0.3, -0.25) is 9.59 Å². The molecule has 0 atom stereocenters. The smallest absolute Gasteiger partial charge is 0.305 e. The molecule has 0 saturated heterocycles. The van der Waals surface area contributed by atoms with Crippen molar-refractivity contribution in [1.29, 1.82) is 0 Å². The maximum absolute atomic E-state index is 13.8. The minimum Gasteiger partial charge on any atom is -0.481 e. The van der Waals surface area contributed by atoms with Crippen LogP contribution in [0.1, 0.15) is 16.8 Å². The molecule has 1 aromatic carbocycles. The SMILES string of the molecule is CN(CCC(=O)O)C(=O)c1ccc(N(C)C)cc1F. The molecule has 1 N–H and O–H groups in total. The number of carbonyl (C=O) groups excluding carboxylic acids is 1. The van der Waals surface area contributed by atoms with Gasteiger partial charge in [-0.05, 0) is 18.2 Å². The molecule has 0 unspecified atom stereocenters. The fourth-order valence-electron chi connectivity index (χ4n) is 1.53. The number of carboxylic acids is 1. The zero-order valence-electron chi connectivity index (χ0n) is 11.2. The molecule has 5 nitrogen and oxygen atoms in total. The largest absolute Gasteiger partial charge is 0.481 e. The molecule has 19 heavy (non-hydrogen) atoms. The van der Waals surface area contributed by atoms with Crippen LogP contribution in [-0.4, -0.2) is 49.6 Å². The maximum atomic E-state index is 13.8. The molecular formula is C13H17FN2O3. The van der Waals surface area contributed by atoms with Crippen molar-refractivity contribution in [3.63, 3.8) is 0 Å². The highest BCUT2D eigenvalue weighted by Crippen LogP contribution is 2.17. The van der Waals surface area contributed by atoms with Crippen molar-refractivity contribution in [3.8, 4) is 0 Å². The fraction of sp³-hybridized carbons (Fsp3) is 0.385. The Morgan fingerprint density at radius 1 is 1.26 bits per heavy atom. The molecule has 1 aromatic rings. The summed E-state index contributed by atoms with van der Waals surface area (Å²) in [6, 6.07) is 4.32. The number of hydrogen-bond donors (Lipinski definition) is 1. The van der Waals surface area contributed by atoms with Gasteiger partial charge in [0, 0.05) is 33.4 Å². The average Bonchev–Trinajstić information content (AvgIpc) is 2.34. The number of carboxylic acid groups (broad SMARTS) is 1. The summed E-state index contributed by atoms with van der Waals surface area (Å²) in [4.78, 5) is 25.3. The van der Waals surface area contributed by atoms with Crippen LogP contribution >= 0.6 is 0 Å². The van der Waals surface area contributed by atoms with E-state index in [4.69, 9.17) is 5.11 Å². The zero-order chi connectivity index (χ0) is 14.6. The molecule has 0 bridgehead atoms. The summed E-state index contributed by atoms with van der Waals surface area (Å²) >= 11 is 0. The third-order valence-corrected chi connectivity index (χ3v) is 2.71. The first-order valence-corrected chi connectivity index (χ1v) is 5.77. The first kappa shape index (κ1) is 14.9. The summed E-state index contributed by atoms with van der Waals surface area (Å²) in [5.41, 5.74) is 0.598. The molecular weight excluding hydrogens is 251 g/mol. The van der Waals surface area contributed by atoms with Gasteiger partial charge < -0.3 is 14.9 Å². The van der Waals surface area contributed by atoms with E-state index in [-0.39, 0.29) is 18.5 Å². The van der Waals surface area contributed by atoms with Crippen molar-refractivity contribution in [2.75, 3.05) is 32.6 Å². The number of halogens is 1. The molecule has 104 valence electrons. The Morgan fingerprint density at radius 2 is 1.89 bits per heavy atom. The molecule has 6 heteroatoms. The van der Waals surface area contributed by atoms with Crippen molar-refractivity contribution < 1.29 is 19.1 Å². The van der Waals surface area contributed by atoms with Gasteiger partial charge in [-0.1, -0.05) is 0 Å². The zero-order valence-corrected chi connectivity index (χ0v) is 11.2. The summed E-state index contributed by atoms with van der Waals surface area (Å²) in [6.07, 6.45) is -0.167. The number of nitrogens with zero attached hydrogens (tertiary/aromatic N) is 2. The summed E-state index contributed by atoms with van der Waals surface area (Å²) in [7, 11) is 5.00. The monoisotopic (exact) mass is 268 g/mol. The Hall–Kier alpha value is -2.11. The molecule has 0 heterocycles. The van der Waals surface area contributed by atoms with Gasteiger partial charge in [0.25, 0.3) is 5.91 Å². The van der Waals surface area contributed by atoms with E-state index >= 15 is 0 Å². The van der Waals surface area contributed by atoms with Gasteiger partial charge in [-0.15, -0.1) is 0 Å². The second kappa shape index (κ2) is 6.17. The number of anilines is 1. The summed E-state index contributed by atoms with van der Waals surface area (Å²) in [6.45, 7) is 0.0447. The standard InChI is InChI=1S/C13H17FN2O3/c1-15(2)9-4-5-10(11(14)8-9)13(19)16(3)7-6-12(17)18/h4-5,8H,6-7H2,1-3H3,(H,17,18). The lowest BCUT2D eigenvalue weighted by molar-refractivity contribution is -0.137.